The van der Waals surface area contributed by atoms with Crippen LogP contribution >= 0.6 is 0 Å². The minimum atomic E-state index is -4.53. The number of esters is 1. The first-order chi connectivity index (χ1) is 13.6. The number of fused-ring (bicyclic) bond motifs is 1. The van der Waals surface area contributed by atoms with E-state index in [1.807, 2.05) is 0 Å². The minimum absolute atomic E-state index is 0.0478. The monoisotopic (exact) mass is 407 g/mol. The van der Waals surface area contributed by atoms with Crippen LogP contribution in [0.2, 0.25) is 0 Å². The number of aromatic nitrogens is 4. The highest BCUT2D eigenvalue weighted by molar-refractivity contribution is 5.93. The molecule has 0 unspecified atom stereocenters. The van der Waals surface area contributed by atoms with Crippen LogP contribution in [0, 0.1) is 13.8 Å². The molecule has 0 aliphatic carbocycles. The molecular formula is C18H16F3N5O3. The summed E-state index contributed by atoms with van der Waals surface area (Å²) in [5, 5.41) is 6.29. The summed E-state index contributed by atoms with van der Waals surface area (Å²) in [6, 6.07) is 4.16. The average molecular weight is 407 g/mol. The second kappa shape index (κ2) is 7.86. The van der Waals surface area contributed by atoms with Gasteiger partial charge in [0.1, 0.15) is 6.33 Å². The lowest BCUT2D eigenvalue weighted by Gasteiger charge is -2.11. The lowest BCUT2D eigenvalue weighted by atomic mass is 10.1. The smallest absolute Gasteiger partial charge is 0.416 e. The lowest BCUT2D eigenvalue weighted by Crippen LogP contribution is -2.22. The van der Waals surface area contributed by atoms with Crippen LogP contribution in [0.1, 0.15) is 22.5 Å². The molecule has 0 radical (unpaired) electrons. The Morgan fingerprint density at radius 3 is 2.72 bits per heavy atom. The molecule has 0 aliphatic heterocycles. The van der Waals surface area contributed by atoms with E-state index in [2.05, 4.69) is 20.4 Å². The summed E-state index contributed by atoms with van der Waals surface area (Å²) in [6.07, 6.45) is -3.32. The fraction of sp³-hybridized carbons (Fsp3) is 0.278. The van der Waals surface area contributed by atoms with Crippen molar-refractivity contribution in [1.82, 2.24) is 19.6 Å². The number of amides is 1. The summed E-state index contributed by atoms with van der Waals surface area (Å²) in [4.78, 5) is 32.2. The van der Waals surface area contributed by atoms with E-state index in [4.69, 9.17) is 4.74 Å². The molecule has 29 heavy (non-hydrogen) atoms. The summed E-state index contributed by atoms with van der Waals surface area (Å²) < 4.78 is 44.5. The van der Waals surface area contributed by atoms with Crippen molar-refractivity contribution < 1.29 is 27.5 Å². The maximum Gasteiger partial charge on any atom is 0.416 e. The third-order valence-electron chi connectivity index (χ3n) is 4.15. The Hall–Kier alpha value is -3.50. The number of carbonyl (C=O) groups is 2. The summed E-state index contributed by atoms with van der Waals surface area (Å²) in [7, 11) is 0. The van der Waals surface area contributed by atoms with Gasteiger partial charge in [0.05, 0.1) is 12.0 Å². The molecule has 2 aromatic heterocycles. The van der Waals surface area contributed by atoms with E-state index in [0.29, 0.717) is 22.7 Å². The maximum absolute atomic E-state index is 12.7. The van der Waals surface area contributed by atoms with Gasteiger partial charge in [-0.1, -0.05) is 6.07 Å². The second-order valence-corrected chi connectivity index (χ2v) is 6.20. The Labute approximate surface area is 162 Å². The third kappa shape index (κ3) is 4.68. The number of halogens is 3. The zero-order valence-electron chi connectivity index (χ0n) is 15.4. The summed E-state index contributed by atoms with van der Waals surface area (Å²) in [5.41, 5.74) is 0.887. The van der Waals surface area contributed by atoms with E-state index in [0.717, 1.165) is 12.1 Å². The predicted octanol–water partition coefficient (Wildman–Crippen LogP) is 2.48. The van der Waals surface area contributed by atoms with Crippen LogP contribution in [0.5, 0.6) is 0 Å². The number of alkyl halides is 3. The van der Waals surface area contributed by atoms with Crippen molar-refractivity contribution in [2.24, 2.45) is 0 Å². The molecule has 1 aromatic carbocycles. The van der Waals surface area contributed by atoms with E-state index >= 15 is 0 Å². The van der Waals surface area contributed by atoms with E-state index in [-0.39, 0.29) is 12.1 Å². The fourth-order valence-corrected chi connectivity index (χ4v) is 2.72. The first-order valence-corrected chi connectivity index (χ1v) is 8.43. The fourth-order valence-electron chi connectivity index (χ4n) is 2.72. The van der Waals surface area contributed by atoms with E-state index in [9.17, 15) is 22.8 Å². The van der Waals surface area contributed by atoms with Crippen molar-refractivity contribution in [3.63, 3.8) is 0 Å². The SMILES string of the molecule is Cc1nc2ncnn2c(C)c1CC(=O)OCC(=O)Nc1cccc(C(F)(F)F)c1. The molecule has 0 fully saturated rings. The number of aryl methyl sites for hydroxylation is 2. The van der Waals surface area contributed by atoms with Crippen molar-refractivity contribution in [3.8, 4) is 0 Å². The Kier molecular flexibility index (Phi) is 5.48. The predicted molar refractivity (Wildman–Crippen MR) is 95.0 cm³/mol. The van der Waals surface area contributed by atoms with Crippen molar-refractivity contribution in [1.29, 1.82) is 0 Å². The molecule has 2 heterocycles. The highest BCUT2D eigenvalue weighted by atomic mass is 19.4. The maximum atomic E-state index is 12.7. The number of benzene rings is 1. The second-order valence-electron chi connectivity index (χ2n) is 6.20. The normalized spacial score (nSPS) is 11.5. The van der Waals surface area contributed by atoms with Crippen molar-refractivity contribution in [2.75, 3.05) is 11.9 Å². The van der Waals surface area contributed by atoms with Crippen molar-refractivity contribution in [2.45, 2.75) is 26.4 Å². The van der Waals surface area contributed by atoms with Gasteiger partial charge in [-0.05, 0) is 32.0 Å². The minimum Gasteiger partial charge on any atom is -0.455 e. The first kappa shape index (κ1) is 20.2. The van der Waals surface area contributed by atoms with Gasteiger partial charge in [0.2, 0.25) is 0 Å². The summed E-state index contributed by atoms with van der Waals surface area (Å²) in [6.45, 7) is 2.83. The van der Waals surface area contributed by atoms with E-state index in [1.54, 1.807) is 13.8 Å². The molecule has 0 saturated carbocycles. The topological polar surface area (TPSA) is 98.5 Å². The molecule has 11 heteroatoms. The molecule has 0 saturated heterocycles. The highest BCUT2D eigenvalue weighted by Crippen LogP contribution is 2.30. The van der Waals surface area contributed by atoms with Crippen LogP contribution in [0.4, 0.5) is 18.9 Å². The number of nitrogens with one attached hydrogen (secondary N) is 1. The first-order valence-electron chi connectivity index (χ1n) is 8.43. The zero-order chi connectivity index (χ0) is 21.2. The largest absolute Gasteiger partial charge is 0.455 e. The number of hydrogen-bond acceptors (Lipinski definition) is 6. The van der Waals surface area contributed by atoms with Gasteiger partial charge in [0.25, 0.3) is 11.7 Å². The summed E-state index contributed by atoms with van der Waals surface area (Å²) >= 11 is 0. The Morgan fingerprint density at radius 2 is 2.00 bits per heavy atom. The molecule has 0 bridgehead atoms. The molecule has 0 atom stereocenters. The number of rotatable bonds is 5. The van der Waals surface area contributed by atoms with Crippen LogP contribution in [0.15, 0.2) is 30.6 Å². The molecule has 8 nitrogen and oxygen atoms in total. The van der Waals surface area contributed by atoms with Gasteiger partial charge in [0, 0.05) is 22.6 Å². The molecule has 3 aromatic rings. The number of hydrogen-bond donors (Lipinski definition) is 1. The van der Waals surface area contributed by atoms with Gasteiger partial charge >= 0.3 is 12.1 Å². The standard InChI is InChI=1S/C18H16F3N5O3/c1-10-14(11(2)26-17(24-10)22-9-23-26)7-16(28)29-8-15(27)25-13-5-3-4-12(6-13)18(19,20)21/h3-6,9H,7-8H2,1-2H3,(H,25,27). The van der Waals surface area contributed by atoms with Crippen LogP contribution < -0.4 is 5.32 Å². The average Bonchev–Trinajstić information content (AvgIpc) is 3.11. The molecule has 1 amide bonds. The van der Waals surface area contributed by atoms with Gasteiger partial charge < -0.3 is 10.1 Å². The van der Waals surface area contributed by atoms with Gasteiger partial charge in [-0.3, -0.25) is 9.59 Å². The molecule has 152 valence electrons. The Bertz CT molecular complexity index is 1080. The molecule has 1 N–H and O–H groups in total. The summed E-state index contributed by atoms with van der Waals surface area (Å²) in [5.74, 6) is -1.04. The van der Waals surface area contributed by atoms with Gasteiger partial charge in [0.15, 0.2) is 6.61 Å². The zero-order valence-corrected chi connectivity index (χ0v) is 15.4. The lowest BCUT2D eigenvalue weighted by molar-refractivity contribution is -0.146. The van der Waals surface area contributed by atoms with Gasteiger partial charge in [-0.2, -0.15) is 23.3 Å². The van der Waals surface area contributed by atoms with E-state index < -0.39 is 30.2 Å². The molecule has 0 aliphatic rings. The van der Waals surface area contributed by atoms with Gasteiger partial charge in [-0.25, -0.2) is 9.50 Å². The third-order valence-corrected chi connectivity index (χ3v) is 4.15. The molecule has 0 spiro atoms. The van der Waals surface area contributed by atoms with Crippen LogP contribution in [-0.4, -0.2) is 38.1 Å². The number of anilines is 1. The van der Waals surface area contributed by atoms with Crippen molar-refractivity contribution in [3.05, 3.63) is 53.1 Å². The van der Waals surface area contributed by atoms with E-state index in [1.165, 1.54) is 23.0 Å². The van der Waals surface area contributed by atoms with Crippen LogP contribution in [0.3, 0.4) is 0 Å². The number of nitrogens with zero attached hydrogens (tertiary/aromatic N) is 4. The van der Waals surface area contributed by atoms with Crippen molar-refractivity contribution >= 4 is 23.3 Å². The highest BCUT2D eigenvalue weighted by Gasteiger charge is 2.30. The quantitative estimate of drug-likeness (QED) is 0.653. The Balaban J connectivity index is 1.59. The molecular weight excluding hydrogens is 391 g/mol. The number of carbonyl (C=O) groups excluding carboxylic acids is 2. The Morgan fingerprint density at radius 1 is 1.24 bits per heavy atom. The van der Waals surface area contributed by atoms with Gasteiger partial charge in [-0.15, -0.1) is 0 Å². The number of ether oxygens (including phenoxy) is 1. The molecule has 3 rings (SSSR count). The van der Waals surface area contributed by atoms with Crippen LogP contribution in [0.25, 0.3) is 5.78 Å². The van der Waals surface area contributed by atoms with Crippen LogP contribution in [-0.2, 0) is 26.9 Å².